The second kappa shape index (κ2) is 5.65. The molecule has 14 heavy (non-hydrogen) atoms. The molecule has 0 fully saturated rings. The van der Waals surface area contributed by atoms with Gasteiger partial charge >= 0.3 is 6.09 Å². The SMILES string of the molecule is C=CCCC(C)(C)[C@@H](CO)NC(=O)O. The maximum absolute atomic E-state index is 10.4. The number of aliphatic hydroxyl groups is 1. The minimum atomic E-state index is -1.10. The van der Waals surface area contributed by atoms with E-state index in [2.05, 4.69) is 11.9 Å². The Morgan fingerprint density at radius 1 is 1.64 bits per heavy atom. The molecule has 1 atom stereocenters. The second-order valence-electron chi connectivity index (χ2n) is 4.00. The van der Waals surface area contributed by atoms with Crippen molar-refractivity contribution in [3.8, 4) is 0 Å². The monoisotopic (exact) mass is 201 g/mol. The van der Waals surface area contributed by atoms with Crippen molar-refractivity contribution in [1.29, 1.82) is 0 Å². The van der Waals surface area contributed by atoms with Gasteiger partial charge in [-0.25, -0.2) is 4.79 Å². The molecule has 0 aromatic heterocycles. The highest BCUT2D eigenvalue weighted by atomic mass is 16.4. The summed E-state index contributed by atoms with van der Waals surface area (Å²) in [7, 11) is 0. The molecule has 0 saturated heterocycles. The lowest BCUT2D eigenvalue weighted by Gasteiger charge is -2.32. The van der Waals surface area contributed by atoms with Crippen LogP contribution in [0.3, 0.4) is 0 Å². The van der Waals surface area contributed by atoms with E-state index in [9.17, 15) is 4.79 Å². The van der Waals surface area contributed by atoms with Gasteiger partial charge in [-0.1, -0.05) is 19.9 Å². The minimum absolute atomic E-state index is 0.184. The van der Waals surface area contributed by atoms with Gasteiger partial charge in [0.25, 0.3) is 0 Å². The molecular weight excluding hydrogens is 182 g/mol. The Bertz CT molecular complexity index is 202. The molecule has 1 amide bonds. The number of nitrogens with one attached hydrogen (secondary N) is 1. The summed E-state index contributed by atoms with van der Waals surface area (Å²) in [5.74, 6) is 0. The number of carboxylic acid groups (broad SMARTS) is 1. The molecule has 0 aromatic carbocycles. The molecule has 82 valence electrons. The fourth-order valence-electron chi connectivity index (χ4n) is 1.29. The first-order chi connectivity index (χ1) is 6.44. The van der Waals surface area contributed by atoms with Crippen LogP contribution in [0.1, 0.15) is 26.7 Å². The first kappa shape index (κ1) is 13.0. The maximum Gasteiger partial charge on any atom is 0.404 e. The van der Waals surface area contributed by atoms with Crippen LogP contribution in [0.4, 0.5) is 4.79 Å². The Labute approximate surface area is 84.6 Å². The quantitative estimate of drug-likeness (QED) is 0.572. The van der Waals surface area contributed by atoms with E-state index >= 15 is 0 Å². The molecule has 0 aliphatic rings. The summed E-state index contributed by atoms with van der Waals surface area (Å²) < 4.78 is 0. The number of allylic oxidation sites excluding steroid dienone is 1. The highest BCUT2D eigenvalue weighted by Gasteiger charge is 2.29. The van der Waals surface area contributed by atoms with Crippen LogP contribution in [-0.4, -0.2) is 29.0 Å². The molecule has 0 aliphatic carbocycles. The van der Waals surface area contributed by atoms with Crippen molar-refractivity contribution in [1.82, 2.24) is 5.32 Å². The standard InChI is InChI=1S/C10H19NO3/c1-4-5-6-10(2,3)8(7-12)11-9(13)14/h4,8,11-12H,1,5-7H2,2-3H3,(H,13,14)/t8-/m1/s1. The van der Waals surface area contributed by atoms with Crippen LogP contribution in [0.5, 0.6) is 0 Å². The Hall–Kier alpha value is -1.03. The summed E-state index contributed by atoms with van der Waals surface area (Å²) in [5, 5.41) is 19.9. The van der Waals surface area contributed by atoms with Gasteiger partial charge in [0, 0.05) is 0 Å². The predicted octanol–water partition coefficient (Wildman–Crippen LogP) is 1.61. The predicted molar refractivity (Wildman–Crippen MR) is 55.2 cm³/mol. The Kier molecular flexibility index (Phi) is 5.23. The highest BCUT2D eigenvalue weighted by Crippen LogP contribution is 2.26. The van der Waals surface area contributed by atoms with Crippen molar-refractivity contribution in [2.45, 2.75) is 32.7 Å². The Balaban J connectivity index is 4.30. The minimum Gasteiger partial charge on any atom is -0.465 e. The lowest BCUT2D eigenvalue weighted by molar-refractivity contribution is 0.125. The summed E-state index contributed by atoms with van der Waals surface area (Å²) in [4.78, 5) is 10.4. The van der Waals surface area contributed by atoms with E-state index in [0.717, 1.165) is 12.8 Å². The zero-order valence-corrected chi connectivity index (χ0v) is 8.79. The maximum atomic E-state index is 10.4. The number of amides is 1. The van der Waals surface area contributed by atoms with Crippen LogP contribution in [0, 0.1) is 5.41 Å². The zero-order valence-electron chi connectivity index (χ0n) is 8.79. The third-order valence-electron chi connectivity index (χ3n) is 2.42. The van der Waals surface area contributed by atoms with E-state index in [1.54, 1.807) is 6.08 Å². The van der Waals surface area contributed by atoms with Crippen molar-refractivity contribution in [2.24, 2.45) is 5.41 Å². The first-order valence-electron chi connectivity index (χ1n) is 4.65. The van der Waals surface area contributed by atoms with Crippen molar-refractivity contribution in [3.05, 3.63) is 12.7 Å². The molecule has 0 rings (SSSR count). The molecule has 3 N–H and O–H groups in total. The first-order valence-corrected chi connectivity index (χ1v) is 4.65. The van der Waals surface area contributed by atoms with Crippen molar-refractivity contribution < 1.29 is 15.0 Å². The fourth-order valence-corrected chi connectivity index (χ4v) is 1.29. The molecule has 4 nitrogen and oxygen atoms in total. The zero-order chi connectivity index (χ0) is 11.2. The molecule has 0 radical (unpaired) electrons. The van der Waals surface area contributed by atoms with E-state index in [-0.39, 0.29) is 12.0 Å². The second-order valence-corrected chi connectivity index (χ2v) is 4.00. The van der Waals surface area contributed by atoms with E-state index in [0.29, 0.717) is 0 Å². The van der Waals surface area contributed by atoms with Gasteiger partial charge in [0.1, 0.15) is 0 Å². The van der Waals surface area contributed by atoms with Gasteiger partial charge in [-0.3, -0.25) is 0 Å². The van der Waals surface area contributed by atoms with Gasteiger partial charge in [0.15, 0.2) is 0 Å². The van der Waals surface area contributed by atoms with Crippen molar-refractivity contribution in [2.75, 3.05) is 6.61 Å². The third kappa shape index (κ3) is 4.28. The van der Waals surface area contributed by atoms with E-state index in [1.165, 1.54) is 0 Å². The molecule has 0 heterocycles. The average molecular weight is 201 g/mol. The highest BCUT2D eigenvalue weighted by molar-refractivity contribution is 5.65. The van der Waals surface area contributed by atoms with E-state index in [4.69, 9.17) is 10.2 Å². The number of rotatable bonds is 6. The van der Waals surface area contributed by atoms with Gasteiger partial charge in [-0.05, 0) is 18.3 Å². The molecule has 0 aromatic rings. The van der Waals surface area contributed by atoms with Gasteiger partial charge in [0.05, 0.1) is 12.6 Å². The lowest BCUT2D eigenvalue weighted by atomic mass is 9.80. The molecule has 0 saturated carbocycles. The summed E-state index contributed by atoms with van der Waals surface area (Å²) >= 11 is 0. The van der Waals surface area contributed by atoms with Crippen molar-refractivity contribution in [3.63, 3.8) is 0 Å². The molecule has 0 unspecified atom stereocenters. The lowest BCUT2D eigenvalue weighted by Crippen LogP contribution is -2.46. The van der Waals surface area contributed by atoms with Crippen molar-refractivity contribution >= 4 is 6.09 Å². The van der Waals surface area contributed by atoms with Crippen LogP contribution in [0.15, 0.2) is 12.7 Å². The van der Waals surface area contributed by atoms with Crippen LogP contribution >= 0.6 is 0 Å². The topological polar surface area (TPSA) is 69.6 Å². The summed E-state index contributed by atoms with van der Waals surface area (Å²) in [6, 6.07) is -0.431. The number of hydrogen-bond acceptors (Lipinski definition) is 2. The van der Waals surface area contributed by atoms with Gasteiger partial charge < -0.3 is 15.5 Å². The van der Waals surface area contributed by atoms with E-state index < -0.39 is 12.1 Å². The number of hydrogen-bond donors (Lipinski definition) is 3. The summed E-state index contributed by atoms with van der Waals surface area (Å²) in [5.41, 5.74) is -0.263. The third-order valence-corrected chi connectivity index (χ3v) is 2.42. The van der Waals surface area contributed by atoms with Crippen LogP contribution < -0.4 is 5.32 Å². The Morgan fingerprint density at radius 2 is 2.21 bits per heavy atom. The summed E-state index contributed by atoms with van der Waals surface area (Å²) in [6.45, 7) is 7.27. The van der Waals surface area contributed by atoms with Gasteiger partial charge in [0.2, 0.25) is 0 Å². The smallest absolute Gasteiger partial charge is 0.404 e. The van der Waals surface area contributed by atoms with E-state index in [1.807, 2.05) is 13.8 Å². The number of carbonyl (C=O) groups is 1. The normalized spacial score (nSPS) is 13.4. The molecule has 4 heteroatoms. The van der Waals surface area contributed by atoms with Crippen LogP contribution in [0.25, 0.3) is 0 Å². The van der Waals surface area contributed by atoms with Gasteiger partial charge in [-0.15, -0.1) is 6.58 Å². The molecule has 0 spiro atoms. The van der Waals surface area contributed by atoms with Crippen LogP contribution in [-0.2, 0) is 0 Å². The fraction of sp³-hybridized carbons (Fsp3) is 0.700. The Morgan fingerprint density at radius 3 is 2.57 bits per heavy atom. The molecular formula is C10H19NO3. The number of aliphatic hydroxyl groups excluding tert-OH is 1. The molecule has 0 aliphatic heterocycles. The molecule has 0 bridgehead atoms. The van der Waals surface area contributed by atoms with Crippen LogP contribution in [0.2, 0.25) is 0 Å². The summed E-state index contributed by atoms with van der Waals surface area (Å²) in [6.07, 6.45) is 2.29. The largest absolute Gasteiger partial charge is 0.465 e. The average Bonchev–Trinajstić information content (AvgIpc) is 2.10. The van der Waals surface area contributed by atoms with Gasteiger partial charge in [-0.2, -0.15) is 0 Å².